The minimum atomic E-state index is 0. The number of nitrogens with one attached hydrogen (secondary N) is 1. The maximum Gasteiger partial charge on any atom is 0.156 e. The summed E-state index contributed by atoms with van der Waals surface area (Å²) in [7, 11) is 2.02. The van der Waals surface area contributed by atoms with Crippen LogP contribution in [0, 0.1) is 0 Å². The van der Waals surface area contributed by atoms with Crippen LogP contribution in [0.2, 0.25) is 10.0 Å². The number of aryl methyl sites for hydroxylation is 1. The van der Waals surface area contributed by atoms with Crippen LogP contribution < -0.4 is 10.1 Å². The lowest BCUT2D eigenvalue weighted by molar-refractivity contribution is 0.127. The van der Waals surface area contributed by atoms with Gasteiger partial charge in [0.1, 0.15) is 12.4 Å². The lowest BCUT2D eigenvalue weighted by atomic mass is 10.2. The van der Waals surface area contributed by atoms with Gasteiger partial charge in [0.05, 0.1) is 16.1 Å². The van der Waals surface area contributed by atoms with E-state index in [1.54, 1.807) is 12.1 Å². The fourth-order valence-electron chi connectivity index (χ4n) is 2.85. The summed E-state index contributed by atoms with van der Waals surface area (Å²) in [6.07, 6.45) is 3.81. The topological polar surface area (TPSA) is 42.3 Å². The van der Waals surface area contributed by atoms with Gasteiger partial charge in [0.15, 0.2) is 5.75 Å². The molecule has 0 spiro atoms. The van der Waals surface area contributed by atoms with E-state index in [-0.39, 0.29) is 18.4 Å². The SMILES string of the molecule is Cl.Cn1ccnc1C1CNCCN1CCOc1c(Cl)cccc1Cl. The number of hydrogen-bond donors (Lipinski definition) is 1. The number of halogens is 3. The van der Waals surface area contributed by atoms with Crippen molar-refractivity contribution in [1.82, 2.24) is 19.8 Å². The lowest BCUT2D eigenvalue weighted by Crippen LogP contribution is -2.48. The summed E-state index contributed by atoms with van der Waals surface area (Å²) >= 11 is 12.3. The van der Waals surface area contributed by atoms with E-state index in [1.165, 1.54) is 0 Å². The first kappa shape index (κ1) is 19.3. The normalized spacial score (nSPS) is 18.2. The molecule has 1 fully saturated rings. The molecule has 0 bridgehead atoms. The standard InChI is InChI=1S/C16H20Cl2N4O.ClH/c1-21-7-6-20-16(21)14-11-19-5-8-22(14)9-10-23-15-12(17)3-2-4-13(15)18;/h2-4,6-7,14,19H,5,8-11H2,1H3;1H. The highest BCUT2D eigenvalue weighted by Crippen LogP contribution is 2.32. The number of para-hydroxylation sites is 1. The van der Waals surface area contributed by atoms with E-state index in [2.05, 4.69) is 19.8 Å². The van der Waals surface area contributed by atoms with Crippen molar-refractivity contribution in [2.24, 2.45) is 7.05 Å². The Hall–Kier alpha value is -0.980. The number of imidazole rings is 1. The zero-order chi connectivity index (χ0) is 16.2. The Bertz CT molecular complexity index is 644. The van der Waals surface area contributed by atoms with Crippen LogP contribution in [-0.4, -0.2) is 47.2 Å². The zero-order valence-corrected chi connectivity index (χ0v) is 15.7. The van der Waals surface area contributed by atoms with Crippen molar-refractivity contribution in [3.05, 3.63) is 46.5 Å². The van der Waals surface area contributed by atoms with Gasteiger partial charge in [-0.3, -0.25) is 4.90 Å². The minimum absolute atomic E-state index is 0. The van der Waals surface area contributed by atoms with Crippen LogP contribution in [0.15, 0.2) is 30.6 Å². The summed E-state index contributed by atoms with van der Waals surface area (Å²) in [5.74, 6) is 1.62. The molecule has 1 aliphatic heterocycles. The fraction of sp³-hybridized carbons (Fsp3) is 0.438. The molecule has 1 aliphatic rings. The summed E-state index contributed by atoms with van der Waals surface area (Å²) in [5, 5.41) is 4.51. The fourth-order valence-corrected chi connectivity index (χ4v) is 3.36. The number of ether oxygens (including phenoxy) is 1. The Morgan fingerprint density at radius 1 is 1.33 bits per heavy atom. The predicted molar refractivity (Wildman–Crippen MR) is 99.6 cm³/mol. The van der Waals surface area contributed by atoms with E-state index in [0.717, 1.165) is 32.0 Å². The van der Waals surface area contributed by atoms with Gasteiger partial charge < -0.3 is 14.6 Å². The number of hydrogen-bond acceptors (Lipinski definition) is 4. The van der Waals surface area contributed by atoms with E-state index in [1.807, 2.05) is 25.5 Å². The molecule has 1 unspecified atom stereocenters. The van der Waals surface area contributed by atoms with Gasteiger partial charge in [-0.2, -0.15) is 0 Å². The van der Waals surface area contributed by atoms with E-state index < -0.39 is 0 Å². The molecule has 2 heterocycles. The average Bonchev–Trinajstić information content (AvgIpc) is 2.97. The average molecular weight is 392 g/mol. The van der Waals surface area contributed by atoms with E-state index >= 15 is 0 Å². The van der Waals surface area contributed by atoms with E-state index in [0.29, 0.717) is 22.4 Å². The highest BCUT2D eigenvalue weighted by Gasteiger charge is 2.26. The number of benzene rings is 1. The number of rotatable bonds is 5. The van der Waals surface area contributed by atoms with Crippen LogP contribution in [-0.2, 0) is 7.05 Å². The third-order valence-corrected chi connectivity index (χ3v) is 4.65. The van der Waals surface area contributed by atoms with Gasteiger partial charge in [-0.15, -0.1) is 12.4 Å². The molecule has 5 nitrogen and oxygen atoms in total. The second kappa shape index (κ2) is 8.92. The van der Waals surface area contributed by atoms with E-state index in [9.17, 15) is 0 Å². The Balaban J connectivity index is 0.00000208. The van der Waals surface area contributed by atoms with Crippen LogP contribution in [0.1, 0.15) is 11.9 Å². The van der Waals surface area contributed by atoms with Crippen molar-refractivity contribution in [1.29, 1.82) is 0 Å². The maximum atomic E-state index is 6.14. The first-order valence-electron chi connectivity index (χ1n) is 7.65. The van der Waals surface area contributed by atoms with Crippen LogP contribution in [0.25, 0.3) is 0 Å². The zero-order valence-electron chi connectivity index (χ0n) is 13.4. The molecule has 3 rings (SSSR count). The summed E-state index contributed by atoms with van der Waals surface area (Å²) in [6.45, 7) is 4.13. The molecule has 0 amide bonds. The predicted octanol–water partition coefficient (Wildman–Crippen LogP) is 3.17. The van der Waals surface area contributed by atoms with Crippen molar-refractivity contribution in [2.45, 2.75) is 6.04 Å². The molecule has 0 aliphatic carbocycles. The molecular weight excluding hydrogens is 371 g/mol. The van der Waals surface area contributed by atoms with Crippen LogP contribution in [0.3, 0.4) is 0 Å². The maximum absolute atomic E-state index is 6.14. The molecule has 2 aromatic rings. The highest BCUT2D eigenvalue weighted by molar-refractivity contribution is 6.37. The molecule has 24 heavy (non-hydrogen) atoms. The van der Waals surface area contributed by atoms with Gasteiger partial charge in [-0.25, -0.2) is 4.98 Å². The molecule has 1 aromatic carbocycles. The molecule has 132 valence electrons. The van der Waals surface area contributed by atoms with Gasteiger partial charge in [-0.05, 0) is 12.1 Å². The first-order chi connectivity index (χ1) is 11.2. The van der Waals surface area contributed by atoms with Crippen molar-refractivity contribution >= 4 is 35.6 Å². The Kier molecular flexibility index (Phi) is 7.19. The largest absolute Gasteiger partial charge is 0.489 e. The Labute approximate surface area is 158 Å². The summed E-state index contributed by atoms with van der Waals surface area (Å²) in [5.41, 5.74) is 0. The van der Waals surface area contributed by atoms with Crippen LogP contribution in [0.4, 0.5) is 0 Å². The smallest absolute Gasteiger partial charge is 0.156 e. The second-order valence-corrected chi connectivity index (χ2v) is 6.37. The summed E-state index contributed by atoms with van der Waals surface area (Å²) < 4.78 is 7.88. The molecule has 8 heteroatoms. The van der Waals surface area contributed by atoms with Crippen molar-refractivity contribution in [3.8, 4) is 5.75 Å². The number of aromatic nitrogens is 2. The van der Waals surface area contributed by atoms with Crippen LogP contribution in [0.5, 0.6) is 5.75 Å². The Morgan fingerprint density at radius 2 is 2.08 bits per heavy atom. The van der Waals surface area contributed by atoms with Gasteiger partial charge in [-0.1, -0.05) is 29.3 Å². The number of nitrogens with zero attached hydrogens (tertiary/aromatic N) is 3. The summed E-state index contributed by atoms with van der Waals surface area (Å²) in [6, 6.07) is 5.62. The monoisotopic (exact) mass is 390 g/mol. The molecule has 1 N–H and O–H groups in total. The Morgan fingerprint density at radius 3 is 2.75 bits per heavy atom. The van der Waals surface area contributed by atoms with Crippen molar-refractivity contribution in [2.75, 3.05) is 32.8 Å². The lowest BCUT2D eigenvalue weighted by Gasteiger charge is -2.35. The highest BCUT2D eigenvalue weighted by atomic mass is 35.5. The van der Waals surface area contributed by atoms with Gasteiger partial charge in [0.25, 0.3) is 0 Å². The molecule has 1 saturated heterocycles. The molecule has 0 radical (unpaired) electrons. The minimum Gasteiger partial charge on any atom is -0.489 e. The molecule has 0 saturated carbocycles. The van der Waals surface area contributed by atoms with Crippen LogP contribution >= 0.6 is 35.6 Å². The third-order valence-electron chi connectivity index (χ3n) is 4.05. The summed E-state index contributed by atoms with van der Waals surface area (Å²) in [4.78, 5) is 6.86. The third kappa shape index (κ3) is 4.35. The van der Waals surface area contributed by atoms with Crippen molar-refractivity contribution in [3.63, 3.8) is 0 Å². The van der Waals surface area contributed by atoms with Gasteiger partial charge >= 0.3 is 0 Å². The van der Waals surface area contributed by atoms with Gasteiger partial charge in [0, 0.05) is 45.6 Å². The van der Waals surface area contributed by atoms with E-state index in [4.69, 9.17) is 27.9 Å². The second-order valence-electron chi connectivity index (χ2n) is 5.55. The first-order valence-corrected chi connectivity index (χ1v) is 8.41. The molecule has 1 aromatic heterocycles. The van der Waals surface area contributed by atoms with Crippen molar-refractivity contribution < 1.29 is 4.74 Å². The van der Waals surface area contributed by atoms with Gasteiger partial charge in [0.2, 0.25) is 0 Å². The molecule has 1 atom stereocenters. The number of piperazine rings is 1. The quantitative estimate of drug-likeness (QED) is 0.850. The molecular formula is C16H21Cl3N4O.